The van der Waals surface area contributed by atoms with Crippen LogP contribution in [0.25, 0.3) is 5.82 Å². The lowest BCUT2D eigenvalue weighted by Gasteiger charge is -2.22. The van der Waals surface area contributed by atoms with E-state index in [0.29, 0.717) is 50.4 Å². The zero-order valence-electron chi connectivity index (χ0n) is 20.0. The number of rotatable bonds is 6. The summed E-state index contributed by atoms with van der Waals surface area (Å²) in [5, 5.41) is 4.44. The highest BCUT2D eigenvalue weighted by Gasteiger charge is 2.23. The van der Waals surface area contributed by atoms with Gasteiger partial charge in [-0.1, -0.05) is 12.1 Å². The molecule has 0 unspecified atom stereocenters. The molecule has 1 aliphatic rings. The first-order chi connectivity index (χ1) is 16.4. The first-order valence-electron chi connectivity index (χ1n) is 11.6. The lowest BCUT2D eigenvalue weighted by Crippen LogP contribution is -2.37. The topological polar surface area (TPSA) is 80.6 Å². The Kier molecular flexibility index (Phi) is 7.25. The van der Waals surface area contributed by atoms with Gasteiger partial charge in [-0.15, -0.1) is 0 Å². The molecule has 1 aromatic carbocycles. The molecule has 0 saturated carbocycles. The number of ether oxygens (including phenoxy) is 1. The van der Waals surface area contributed by atoms with E-state index in [0.717, 1.165) is 29.1 Å². The van der Waals surface area contributed by atoms with E-state index < -0.39 is 0 Å². The van der Waals surface area contributed by atoms with Crippen molar-refractivity contribution in [3.63, 3.8) is 0 Å². The van der Waals surface area contributed by atoms with E-state index >= 15 is 0 Å². The Bertz CT molecular complexity index is 1140. The first-order valence-corrected chi connectivity index (χ1v) is 11.6. The number of carbonyl (C=O) groups excluding carboxylic acids is 2. The Hall–Kier alpha value is -3.68. The van der Waals surface area contributed by atoms with Gasteiger partial charge in [0.1, 0.15) is 5.75 Å². The standard InChI is InChI=1S/C26H31N5O3/c1-19-17-20(2)31(28-19)24-11-8-22(18-27-24)26(33)30-14-4-13-29(15-16-30)25(32)12-7-21-5-9-23(34-3)10-6-21/h5-6,8-11,17-18H,4,7,12-16H2,1-3H3. The molecule has 1 saturated heterocycles. The van der Waals surface area contributed by atoms with Crippen LogP contribution >= 0.6 is 0 Å². The van der Waals surface area contributed by atoms with Gasteiger partial charge in [-0.2, -0.15) is 5.10 Å². The molecule has 178 valence electrons. The minimum Gasteiger partial charge on any atom is -0.497 e. The number of aromatic nitrogens is 3. The van der Waals surface area contributed by atoms with Gasteiger partial charge < -0.3 is 14.5 Å². The van der Waals surface area contributed by atoms with Crippen LogP contribution in [0.15, 0.2) is 48.7 Å². The van der Waals surface area contributed by atoms with Crippen molar-refractivity contribution in [3.8, 4) is 11.6 Å². The highest BCUT2D eigenvalue weighted by atomic mass is 16.5. The summed E-state index contributed by atoms with van der Waals surface area (Å²) < 4.78 is 6.95. The van der Waals surface area contributed by atoms with Crippen molar-refractivity contribution in [1.82, 2.24) is 24.6 Å². The Morgan fingerprint density at radius 1 is 0.971 bits per heavy atom. The molecular weight excluding hydrogens is 430 g/mol. The Labute approximate surface area is 200 Å². The van der Waals surface area contributed by atoms with Crippen molar-refractivity contribution in [3.05, 3.63) is 71.2 Å². The number of hydrogen-bond acceptors (Lipinski definition) is 5. The normalized spacial score (nSPS) is 14.1. The van der Waals surface area contributed by atoms with E-state index in [9.17, 15) is 9.59 Å². The summed E-state index contributed by atoms with van der Waals surface area (Å²) in [5.41, 5.74) is 3.57. The average molecular weight is 462 g/mol. The molecule has 0 spiro atoms. The second kappa shape index (κ2) is 10.5. The molecule has 1 fully saturated rings. The minimum absolute atomic E-state index is 0.0556. The molecule has 0 N–H and O–H groups in total. The van der Waals surface area contributed by atoms with Gasteiger partial charge in [0.05, 0.1) is 18.4 Å². The van der Waals surface area contributed by atoms with Crippen LogP contribution in [-0.4, -0.2) is 69.7 Å². The number of methoxy groups -OCH3 is 1. The fourth-order valence-corrected chi connectivity index (χ4v) is 4.25. The molecule has 0 aliphatic carbocycles. The molecule has 0 radical (unpaired) electrons. The van der Waals surface area contributed by atoms with Crippen molar-refractivity contribution in [1.29, 1.82) is 0 Å². The first kappa shape index (κ1) is 23.5. The maximum Gasteiger partial charge on any atom is 0.255 e. The van der Waals surface area contributed by atoms with Gasteiger partial charge in [-0.25, -0.2) is 9.67 Å². The van der Waals surface area contributed by atoms with Gasteiger partial charge in [0.15, 0.2) is 5.82 Å². The molecule has 34 heavy (non-hydrogen) atoms. The number of carbonyl (C=O) groups is 2. The van der Waals surface area contributed by atoms with Crippen LogP contribution in [0.2, 0.25) is 0 Å². The van der Waals surface area contributed by atoms with E-state index in [-0.39, 0.29) is 11.8 Å². The largest absolute Gasteiger partial charge is 0.497 e. The lowest BCUT2D eigenvalue weighted by molar-refractivity contribution is -0.131. The second-order valence-corrected chi connectivity index (χ2v) is 8.62. The van der Waals surface area contributed by atoms with Crippen LogP contribution in [0.1, 0.15) is 40.2 Å². The highest BCUT2D eigenvalue weighted by Crippen LogP contribution is 2.15. The Balaban J connectivity index is 1.31. The van der Waals surface area contributed by atoms with Gasteiger partial charge in [0.25, 0.3) is 5.91 Å². The van der Waals surface area contributed by atoms with Gasteiger partial charge in [0.2, 0.25) is 5.91 Å². The Morgan fingerprint density at radius 3 is 2.35 bits per heavy atom. The number of amides is 2. The molecule has 0 bridgehead atoms. The molecule has 3 aromatic rings. The lowest BCUT2D eigenvalue weighted by atomic mass is 10.1. The fourth-order valence-electron chi connectivity index (χ4n) is 4.25. The zero-order chi connectivity index (χ0) is 24.1. The highest BCUT2D eigenvalue weighted by molar-refractivity contribution is 5.94. The third-order valence-electron chi connectivity index (χ3n) is 6.14. The maximum atomic E-state index is 13.1. The van der Waals surface area contributed by atoms with E-state index in [2.05, 4.69) is 10.1 Å². The molecule has 0 atom stereocenters. The van der Waals surface area contributed by atoms with E-state index in [1.54, 1.807) is 24.1 Å². The molecule has 8 nitrogen and oxygen atoms in total. The maximum absolute atomic E-state index is 13.1. The number of hydrogen-bond donors (Lipinski definition) is 0. The van der Waals surface area contributed by atoms with Crippen LogP contribution in [0.5, 0.6) is 5.75 Å². The van der Waals surface area contributed by atoms with Crippen molar-refractivity contribution in [2.75, 3.05) is 33.3 Å². The quantitative estimate of drug-likeness (QED) is 0.563. The summed E-state index contributed by atoms with van der Waals surface area (Å²) in [6.07, 6.45) is 3.52. The van der Waals surface area contributed by atoms with Gasteiger partial charge in [0, 0.05) is 44.5 Å². The Morgan fingerprint density at radius 2 is 1.71 bits per heavy atom. The summed E-state index contributed by atoms with van der Waals surface area (Å²) in [7, 11) is 1.64. The van der Waals surface area contributed by atoms with Crippen molar-refractivity contribution in [2.45, 2.75) is 33.1 Å². The van der Waals surface area contributed by atoms with Crippen molar-refractivity contribution < 1.29 is 14.3 Å². The fraction of sp³-hybridized carbons (Fsp3) is 0.385. The summed E-state index contributed by atoms with van der Waals surface area (Å²) in [5.74, 6) is 1.57. The zero-order valence-corrected chi connectivity index (χ0v) is 20.0. The minimum atomic E-state index is -0.0556. The van der Waals surface area contributed by atoms with E-state index in [1.165, 1.54) is 0 Å². The average Bonchev–Trinajstić information content (AvgIpc) is 3.04. The smallest absolute Gasteiger partial charge is 0.255 e. The third kappa shape index (κ3) is 5.44. The molecule has 4 rings (SSSR count). The molecule has 8 heteroatoms. The predicted molar refractivity (Wildman–Crippen MR) is 129 cm³/mol. The van der Waals surface area contributed by atoms with E-state index in [4.69, 9.17) is 4.74 Å². The summed E-state index contributed by atoms with van der Waals surface area (Å²) in [6, 6.07) is 13.4. The van der Waals surface area contributed by atoms with Crippen LogP contribution in [-0.2, 0) is 11.2 Å². The summed E-state index contributed by atoms with van der Waals surface area (Å²) in [4.78, 5) is 34.0. The SMILES string of the molecule is COc1ccc(CCC(=O)N2CCCN(C(=O)c3ccc(-n4nc(C)cc4C)nc3)CC2)cc1. The van der Waals surface area contributed by atoms with Crippen LogP contribution in [0, 0.1) is 13.8 Å². The van der Waals surface area contributed by atoms with Gasteiger partial charge >= 0.3 is 0 Å². The van der Waals surface area contributed by atoms with Gasteiger partial charge in [-0.3, -0.25) is 9.59 Å². The van der Waals surface area contributed by atoms with Gasteiger partial charge in [-0.05, 0) is 62.6 Å². The summed E-state index contributed by atoms with van der Waals surface area (Å²) in [6.45, 7) is 6.27. The van der Waals surface area contributed by atoms with Crippen LogP contribution in [0.3, 0.4) is 0 Å². The molecule has 2 amide bonds. The van der Waals surface area contributed by atoms with Crippen LogP contribution < -0.4 is 4.74 Å². The van der Waals surface area contributed by atoms with Crippen molar-refractivity contribution in [2.24, 2.45) is 0 Å². The monoisotopic (exact) mass is 461 g/mol. The predicted octanol–water partition coefficient (Wildman–Crippen LogP) is 3.20. The number of pyridine rings is 1. The van der Waals surface area contributed by atoms with Crippen LogP contribution in [0.4, 0.5) is 0 Å². The number of benzene rings is 1. The third-order valence-corrected chi connectivity index (χ3v) is 6.14. The summed E-state index contributed by atoms with van der Waals surface area (Å²) >= 11 is 0. The van der Waals surface area contributed by atoms with Crippen molar-refractivity contribution >= 4 is 11.8 Å². The number of aryl methyl sites for hydroxylation is 3. The second-order valence-electron chi connectivity index (χ2n) is 8.62. The molecule has 2 aromatic heterocycles. The molecule has 1 aliphatic heterocycles. The molecule has 3 heterocycles. The molecular formula is C26H31N5O3. The number of nitrogens with zero attached hydrogens (tertiary/aromatic N) is 5. The van der Waals surface area contributed by atoms with E-state index in [1.807, 2.05) is 60.0 Å².